The zero-order chi connectivity index (χ0) is 22.6. The molecular formula is C27H39NO4. The van der Waals surface area contributed by atoms with E-state index in [0.29, 0.717) is 6.61 Å². The summed E-state index contributed by atoms with van der Waals surface area (Å²) in [5, 5.41) is 13.9. The van der Waals surface area contributed by atoms with Gasteiger partial charge in [0.25, 0.3) is 0 Å². The summed E-state index contributed by atoms with van der Waals surface area (Å²) in [4.78, 5) is 12.6. The van der Waals surface area contributed by atoms with Crippen molar-refractivity contribution in [2.45, 2.75) is 82.5 Å². The third kappa shape index (κ3) is 8.44. The van der Waals surface area contributed by atoms with Gasteiger partial charge >= 0.3 is 0 Å². The van der Waals surface area contributed by atoms with Gasteiger partial charge in [0.15, 0.2) is 0 Å². The van der Waals surface area contributed by atoms with Crippen LogP contribution in [0.4, 0.5) is 0 Å². The largest absolute Gasteiger partial charge is 0.497 e. The molecule has 3 aliphatic rings. The van der Waals surface area contributed by atoms with Crippen molar-refractivity contribution < 1.29 is 19.4 Å². The smallest absolute Gasteiger partial charge is 0.222 e. The van der Waals surface area contributed by atoms with E-state index in [4.69, 9.17) is 9.47 Å². The maximum absolute atomic E-state index is 12.6. The van der Waals surface area contributed by atoms with Crippen molar-refractivity contribution in [2.75, 3.05) is 13.7 Å². The van der Waals surface area contributed by atoms with E-state index in [0.717, 1.165) is 43.8 Å². The molecule has 0 bridgehead atoms. The average Bonchev–Trinajstić information content (AvgIpc) is 3.35. The molecule has 32 heavy (non-hydrogen) atoms. The Kier molecular flexibility index (Phi) is 10.3. The fourth-order valence-electron chi connectivity index (χ4n) is 4.60. The highest BCUT2D eigenvalue weighted by atomic mass is 16.5. The van der Waals surface area contributed by atoms with Crippen LogP contribution in [0, 0.1) is 5.92 Å². The van der Waals surface area contributed by atoms with Gasteiger partial charge in [0.2, 0.25) is 5.91 Å². The molecule has 5 heteroatoms. The fourth-order valence-corrected chi connectivity index (χ4v) is 4.60. The first-order valence-electron chi connectivity index (χ1n) is 12.2. The number of hydrogen-bond donors (Lipinski definition) is 2. The van der Waals surface area contributed by atoms with Crippen molar-refractivity contribution in [1.29, 1.82) is 0 Å². The van der Waals surface area contributed by atoms with E-state index in [9.17, 15) is 9.90 Å². The number of ether oxygens (including phenoxy) is 2. The standard InChI is InChI=1S/C27H39NO4/c1-31-23-13-15-24(16-14-23)32-20-19-27(30)28-25(17-11-21-9-5-6-10-21)26(29)18-12-22-7-3-2-4-8-22/h2-3,7,12-15,18,21,24-26,29H,4-6,8-11,16-17,19-20H2,1H3,(H,28,30)/b18-12+/t24?,25-,26-/m1/s1. The summed E-state index contributed by atoms with van der Waals surface area (Å²) < 4.78 is 11.0. The summed E-state index contributed by atoms with van der Waals surface area (Å²) in [5.74, 6) is 1.50. The molecule has 0 aromatic heterocycles. The predicted octanol–water partition coefficient (Wildman–Crippen LogP) is 4.90. The third-order valence-electron chi connectivity index (χ3n) is 6.60. The minimum Gasteiger partial charge on any atom is -0.497 e. The van der Waals surface area contributed by atoms with Crippen LogP contribution in [0.2, 0.25) is 0 Å². The monoisotopic (exact) mass is 441 g/mol. The van der Waals surface area contributed by atoms with Gasteiger partial charge in [0.05, 0.1) is 32.0 Å². The van der Waals surface area contributed by atoms with Crippen LogP contribution in [0.5, 0.6) is 0 Å². The SMILES string of the molecule is COC1=CCC(OCCC(=O)N[C@H](CCC2CCCC2)[C@H](O)/C=C/C2=CC=CCC2)C=C1. The van der Waals surface area contributed by atoms with E-state index < -0.39 is 6.10 Å². The molecule has 5 nitrogen and oxygen atoms in total. The lowest BCUT2D eigenvalue weighted by molar-refractivity contribution is -0.123. The summed E-state index contributed by atoms with van der Waals surface area (Å²) in [5.41, 5.74) is 1.21. The Labute approximate surface area is 192 Å². The number of aliphatic hydroxyl groups is 1. The first-order chi connectivity index (χ1) is 15.6. The molecule has 1 saturated carbocycles. The molecule has 1 unspecified atom stereocenters. The predicted molar refractivity (Wildman–Crippen MR) is 128 cm³/mol. The molecule has 3 aliphatic carbocycles. The van der Waals surface area contributed by atoms with Crippen LogP contribution in [0.1, 0.15) is 64.2 Å². The first-order valence-corrected chi connectivity index (χ1v) is 12.2. The van der Waals surface area contributed by atoms with Crippen LogP contribution in [0.25, 0.3) is 0 Å². The molecule has 0 aromatic rings. The highest BCUT2D eigenvalue weighted by molar-refractivity contribution is 5.76. The van der Waals surface area contributed by atoms with Crippen molar-refractivity contribution in [3.05, 3.63) is 59.9 Å². The highest BCUT2D eigenvalue weighted by Crippen LogP contribution is 2.29. The zero-order valence-corrected chi connectivity index (χ0v) is 19.4. The van der Waals surface area contributed by atoms with E-state index in [1.165, 1.54) is 31.3 Å². The van der Waals surface area contributed by atoms with Crippen molar-refractivity contribution in [3.8, 4) is 0 Å². The third-order valence-corrected chi connectivity index (χ3v) is 6.60. The van der Waals surface area contributed by atoms with Gasteiger partial charge in [-0.05, 0) is 55.7 Å². The second-order valence-electron chi connectivity index (χ2n) is 9.02. The Balaban J connectivity index is 1.46. The van der Waals surface area contributed by atoms with Crippen molar-refractivity contribution in [3.63, 3.8) is 0 Å². The fraction of sp³-hybridized carbons (Fsp3) is 0.593. The molecule has 0 aliphatic heterocycles. The van der Waals surface area contributed by atoms with Crippen LogP contribution in [0.3, 0.4) is 0 Å². The second-order valence-corrected chi connectivity index (χ2v) is 9.02. The lowest BCUT2D eigenvalue weighted by Crippen LogP contribution is -2.43. The van der Waals surface area contributed by atoms with Gasteiger partial charge in [0, 0.05) is 6.42 Å². The normalized spacial score (nSPS) is 23.1. The minimum absolute atomic E-state index is 0.0220. The van der Waals surface area contributed by atoms with Crippen LogP contribution < -0.4 is 5.32 Å². The van der Waals surface area contributed by atoms with Gasteiger partial charge in [-0.15, -0.1) is 0 Å². The molecule has 0 aromatic carbocycles. The van der Waals surface area contributed by atoms with Crippen LogP contribution in [-0.2, 0) is 14.3 Å². The summed E-state index contributed by atoms with van der Waals surface area (Å²) in [6, 6.07) is -0.263. The van der Waals surface area contributed by atoms with E-state index >= 15 is 0 Å². The lowest BCUT2D eigenvalue weighted by atomic mass is 9.95. The van der Waals surface area contributed by atoms with Crippen LogP contribution in [0.15, 0.2) is 59.9 Å². The number of carbonyl (C=O) groups excluding carboxylic acids is 1. The molecule has 0 saturated heterocycles. The summed E-state index contributed by atoms with van der Waals surface area (Å²) in [7, 11) is 1.65. The molecule has 2 N–H and O–H groups in total. The number of rotatable bonds is 12. The van der Waals surface area contributed by atoms with Gasteiger partial charge in [-0.25, -0.2) is 0 Å². The summed E-state index contributed by atoms with van der Waals surface area (Å²) >= 11 is 0. The Hall–Kier alpha value is -2.11. The zero-order valence-electron chi connectivity index (χ0n) is 19.4. The molecule has 176 valence electrons. The molecule has 3 rings (SSSR count). The Bertz CT molecular complexity index is 743. The topological polar surface area (TPSA) is 67.8 Å². The summed E-state index contributed by atoms with van der Waals surface area (Å²) in [6.07, 6.45) is 25.4. The maximum atomic E-state index is 12.6. The van der Waals surface area contributed by atoms with Gasteiger partial charge in [-0.2, -0.15) is 0 Å². The maximum Gasteiger partial charge on any atom is 0.222 e. The van der Waals surface area contributed by atoms with Crippen molar-refractivity contribution in [1.82, 2.24) is 5.32 Å². The van der Waals surface area contributed by atoms with Crippen molar-refractivity contribution >= 4 is 5.91 Å². The van der Waals surface area contributed by atoms with E-state index in [1.807, 2.05) is 30.4 Å². The molecule has 1 amide bonds. The number of methoxy groups -OCH3 is 1. The minimum atomic E-state index is -0.688. The van der Waals surface area contributed by atoms with Gasteiger partial charge < -0.3 is 19.9 Å². The van der Waals surface area contributed by atoms with E-state index in [2.05, 4.69) is 23.5 Å². The molecule has 0 radical (unpaired) electrons. The lowest BCUT2D eigenvalue weighted by Gasteiger charge is -2.24. The Morgan fingerprint density at radius 2 is 2.19 bits per heavy atom. The Morgan fingerprint density at radius 1 is 1.34 bits per heavy atom. The number of hydrogen-bond acceptors (Lipinski definition) is 4. The molecule has 0 heterocycles. The molecule has 0 spiro atoms. The number of aliphatic hydroxyl groups excluding tert-OH is 1. The van der Waals surface area contributed by atoms with Gasteiger partial charge in [-0.3, -0.25) is 4.79 Å². The number of amides is 1. The second kappa shape index (κ2) is 13.4. The molecule has 3 atom stereocenters. The van der Waals surface area contributed by atoms with Crippen LogP contribution >= 0.6 is 0 Å². The van der Waals surface area contributed by atoms with E-state index in [1.54, 1.807) is 7.11 Å². The first kappa shape index (κ1) is 24.5. The van der Waals surface area contributed by atoms with Gasteiger partial charge in [0.1, 0.15) is 5.76 Å². The van der Waals surface area contributed by atoms with Crippen LogP contribution in [-0.4, -0.2) is 43.0 Å². The molecular weight excluding hydrogens is 402 g/mol. The molecule has 1 fully saturated rings. The van der Waals surface area contributed by atoms with Gasteiger partial charge in [-0.1, -0.05) is 62.1 Å². The quantitative estimate of drug-likeness (QED) is 0.452. The van der Waals surface area contributed by atoms with E-state index in [-0.39, 0.29) is 24.5 Å². The van der Waals surface area contributed by atoms with Crippen molar-refractivity contribution in [2.24, 2.45) is 5.92 Å². The number of nitrogens with one attached hydrogen (secondary N) is 1. The highest BCUT2D eigenvalue weighted by Gasteiger charge is 2.23. The Morgan fingerprint density at radius 3 is 2.88 bits per heavy atom. The summed E-state index contributed by atoms with van der Waals surface area (Å²) in [6.45, 7) is 0.359. The number of carbonyl (C=O) groups is 1. The average molecular weight is 442 g/mol. The number of allylic oxidation sites excluding steroid dienone is 6.